The zero-order valence-corrected chi connectivity index (χ0v) is 15.0. The quantitative estimate of drug-likeness (QED) is 0.675. The molecule has 0 bridgehead atoms. The van der Waals surface area contributed by atoms with Crippen LogP contribution in [0.4, 0.5) is 0 Å². The molecular formula is C20H19N3O2S. The molecule has 5 nitrogen and oxygen atoms in total. The minimum atomic E-state index is -0.463. The molecule has 0 atom stereocenters. The van der Waals surface area contributed by atoms with Gasteiger partial charge in [0.1, 0.15) is 0 Å². The van der Waals surface area contributed by atoms with Gasteiger partial charge in [-0.05, 0) is 23.3 Å². The van der Waals surface area contributed by atoms with Crippen LogP contribution < -0.4 is 11.1 Å². The topological polar surface area (TPSA) is 85.1 Å². The fourth-order valence-electron chi connectivity index (χ4n) is 2.50. The first-order chi connectivity index (χ1) is 12.6. The van der Waals surface area contributed by atoms with Gasteiger partial charge in [-0.15, -0.1) is 11.3 Å². The van der Waals surface area contributed by atoms with Gasteiger partial charge in [0.05, 0.1) is 17.1 Å². The Labute approximate surface area is 155 Å². The Morgan fingerprint density at radius 2 is 1.73 bits per heavy atom. The third kappa shape index (κ3) is 5.00. The second kappa shape index (κ2) is 8.40. The largest absolute Gasteiger partial charge is 0.366 e. The lowest BCUT2D eigenvalue weighted by atomic mass is 10.1. The molecular weight excluding hydrogens is 346 g/mol. The summed E-state index contributed by atoms with van der Waals surface area (Å²) >= 11 is 1.57. The maximum absolute atomic E-state index is 12.1. The number of hydrogen-bond acceptors (Lipinski definition) is 4. The van der Waals surface area contributed by atoms with Crippen LogP contribution in [-0.4, -0.2) is 16.8 Å². The number of thiazole rings is 1. The summed E-state index contributed by atoms with van der Waals surface area (Å²) in [4.78, 5) is 27.7. The highest BCUT2D eigenvalue weighted by Crippen LogP contribution is 2.15. The summed E-state index contributed by atoms with van der Waals surface area (Å²) in [7, 11) is 0. The van der Waals surface area contributed by atoms with E-state index in [0.29, 0.717) is 12.1 Å². The van der Waals surface area contributed by atoms with Crippen LogP contribution in [0, 0.1) is 0 Å². The van der Waals surface area contributed by atoms with Gasteiger partial charge in [0.25, 0.3) is 0 Å². The van der Waals surface area contributed by atoms with Crippen LogP contribution in [0.1, 0.15) is 32.2 Å². The number of aromatic nitrogens is 1. The van der Waals surface area contributed by atoms with E-state index in [-0.39, 0.29) is 12.3 Å². The van der Waals surface area contributed by atoms with Crippen LogP contribution >= 0.6 is 11.3 Å². The second-order valence-corrected chi connectivity index (χ2v) is 6.85. The monoisotopic (exact) mass is 365 g/mol. The van der Waals surface area contributed by atoms with Gasteiger partial charge in [0, 0.05) is 23.9 Å². The number of benzene rings is 2. The maximum atomic E-state index is 12.1. The van der Waals surface area contributed by atoms with Gasteiger partial charge < -0.3 is 11.1 Å². The second-order valence-electron chi connectivity index (χ2n) is 5.91. The highest BCUT2D eigenvalue weighted by Gasteiger charge is 2.08. The molecule has 1 aromatic heterocycles. The fraction of sp³-hybridized carbons (Fsp3) is 0.150. The van der Waals surface area contributed by atoms with Gasteiger partial charge >= 0.3 is 0 Å². The highest BCUT2D eigenvalue weighted by molar-refractivity contribution is 7.09. The maximum Gasteiger partial charge on any atom is 0.248 e. The number of carbonyl (C=O) groups excluding carboxylic acids is 2. The van der Waals surface area contributed by atoms with E-state index in [1.54, 1.807) is 35.6 Å². The number of hydrogen-bond donors (Lipinski definition) is 2. The van der Waals surface area contributed by atoms with E-state index in [2.05, 4.69) is 22.4 Å². The summed E-state index contributed by atoms with van der Waals surface area (Å²) in [6.45, 7) is 0.402. The molecule has 26 heavy (non-hydrogen) atoms. The van der Waals surface area contributed by atoms with E-state index in [4.69, 9.17) is 5.73 Å². The Morgan fingerprint density at radius 1 is 1.00 bits per heavy atom. The van der Waals surface area contributed by atoms with Crippen LogP contribution in [0.2, 0.25) is 0 Å². The summed E-state index contributed by atoms with van der Waals surface area (Å²) in [6, 6.07) is 17.0. The molecule has 3 rings (SSSR count). The number of primary amides is 1. The van der Waals surface area contributed by atoms with Crippen molar-refractivity contribution in [3.05, 3.63) is 87.4 Å². The van der Waals surface area contributed by atoms with Crippen molar-refractivity contribution >= 4 is 23.2 Å². The zero-order chi connectivity index (χ0) is 18.4. The Hall–Kier alpha value is -2.99. The molecule has 0 radical (unpaired) electrons. The average Bonchev–Trinajstić information content (AvgIpc) is 3.08. The van der Waals surface area contributed by atoms with Crippen LogP contribution in [-0.2, 0) is 24.2 Å². The first-order valence-corrected chi connectivity index (χ1v) is 9.11. The lowest BCUT2D eigenvalue weighted by Gasteiger charge is -2.05. The number of nitrogens with one attached hydrogen (secondary N) is 1. The SMILES string of the molecule is NC(=O)c1ccc(CNC(=O)Cc2csc(Cc3ccccc3)n2)cc1. The Balaban J connectivity index is 1.50. The summed E-state index contributed by atoms with van der Waals surface area (Å²) in [5, 5.41) is 5.80. The molecule has 0 aliphatic heterocycles. The Morgan fingerprint density at radius 3 is 2.42 bits per heavy atom. The van der Waals surface area contributed by atoms with Gasteiger partial charge in [-0.25, -0.2) is 4.98 Å². The van der Waals surface area contributed by atoms with Gasteiger partial charge in [0.15, 0.2) is 0 Å². The summed E-state index contributed by atoms with van der Waals surface area (Å²) < 4.78 is 0. The van der Waals surface area contributed by atoms with Gasteiger partial charge in [-0.3, -0.25) is 9.59 Å². The van der Waals surface area contributed by atoms with Gasteiger partial charge in [-0.1, -0.05) is 42.5 Å². The van der Waals surface area contributed by atoms with Crippen LogP contribution in [0.15, 0.2) is 60.0 Å². The minimum absolute atomic E-state index is 0.0828. The number of amides is 2. The Kier molecular flexibility index (Phi) is 5.76. The molecule has 6 heteroatoms. The molecule has 132 valence electrons. The number of nitrogens with zero attached hydrogens (tertiary/aromatic N) is 1. The minimum Gasteiger partial charge on any atom is -0.366 e. The summed E-state index contributed by atoms with van der Waals surface area (Å²) in [5.74, 6) is -0.545. The lowest BCUT2D eigenvalue weighted by molar-refractivity contribution is -0.120. The van der Waals surface area contributed by atoms with Gasteiger partial charge in [-0.2, -0.15) is 0 Å². The summed E-state index contributed by atoms with van der Waals surface area (Å²) in [6.07, 6.45) is 1.03. The van der Waals surface area contributed by atoms with Gasteiger partial charge in [0.2, 0.25) is 11.8 Å². The molecule has 3 N–H and O–H groups in total. The van der Waals surface area contributed by atoms with E-state index < -0.39 is 5.91 Å². The smallest absolute Gasteiger partial charge is 0.248 e. The lowest BCUT2D eigenvalue weighted by Crippen LogP contribution is -2.24. The standard InChI is InChI=1S/C20H19N3O2S/c21-20(25)16-8-6-15(7-9-16)12-22-18(24)11-17-13-26-19(23-17)10-14-4-2-1-3-5-14/h1-9,13H,10-12H2,(H2,21,25)(H,22,24). The van der Waals surface area contributed by atoms with Crippen molar-refractivity contribution in [2.24, 2.45) is 5.73 Å². The first-order valence-electron chi connectivity index (χ1n) is 8.23. The molecule has 2 aromatic carbocycles. The van der Waals surface area contributed by atoms with Crippen molar-refractivity contribution in [2.75, 3.05) is 0 Å². The number of carbonyl (C=O) groups is 2. The molecule has 2 amide bonds. The Bertz CT molecular complexity index is 889. The predicted octanol–water partition coefficient (Wildman–Crippen LogP) is 2.69. The van der Waals surface area contributed by atoms with Crippen LogP contribution in [0.5, 0.6) is 0 Å². The van der Waals surface area contributed by atoms with Crippen LogP contribution in [0.25, 0.3) is 0 Å². The number of rotatable bonds is 7. The molecule has 1 heterocycles. The highest BCUT2D eigenvalue weighted by atomic mass is 32.1. The summed E-state index contributed by atoms with van der Waals surface area (Å²) in [5.41, 5.74) is 8.55. The molecule has 0 aliphatic carbocycles. The van der Waals surface area contributed by atoms with Crippen LogP contribution in [0.3, 0.4) is 0 Å². The third-order valence-corrected chi connectivity index (χ3v) is 4.76. The molecule has 0 aliphatic rings. The van der Waals surface area contributed by atoms with E-state index >= 15 is 0 Å². The van der Waals surface area contributed by atoms with E-state index in [1.165, 1.54) is 5.56 Å². The van der Waals surface area contributed by atoms with E-state index in [1.807, 2.05) is 23.6 Å². The fourth-order valence-corrected chi connectivity index (χ4v) is 3.32. The van der Waals surface area contributed by atoms with Crippen molar-refractivity contribution < 1.29 is 9.59 Å². The predicted molar refractivity (Wildman–Crippen MR) is 102 cm³/mol. The zero-order valence-electron chi connectivity index (χ0n) is 14.1. The van der Waals surface area contributed by atoms with Crippen molar-refractivity contribution in [1.82, 2.24) is 10.3 Å². The average molecular weight is 365 g/mol. The van der Waals surface area contributed by atoms with E-state index in [0.717, 1.165) is 22.7 Å². The van der Waals surface area contributed by atoms with E-state index in [9.17, 15) is 9.59 Å². The molecule has 0 saturated carbocycles. The van der Waals surface area contributed by atoms with Crippen molar-refractivity contribution in [3.8, 4) is 0 Å². The molecule has 3 aromatic rings. The normalized spacial score (nSPS) is 10.5. The molecule has 0 fully saturated rings. The molecule has 0 unspecified atom stereocenters. The molecule has 0 spiro atoms. The van der Waals surface area contributed by atoms with Crippen molar-refractivity contribution in [1.29, 1.82) is 0 Å². The molecule has 0 saturated heterocycles. The third-order valence-electron chi connectivity index (χ3n) is 3.87. The first kappa shape index (κ1) is 17.8. The van der Waals surface area contributed by atoms with Crippen molar-refractivity contribution in [2.45, 2.75) is 19.4 Å². The number of nitrogens with two attached hydrogens (primary N) is 1. The van der Waals surface area contributed by atoms with Crippen molar-refractivity contribution in [3.63, 3.8) is 0 Å².